The van der Waals surface area contributed by atoms with E-state index in [1.165, 1.54) is 0 Å². The van der Waals surface area contributed by atoms with E-state index in [-0.39, 0.29) is 6.61 Å². The number of aliphatic hydroxyl groups excluding tert-OH is 1. The highest BCUT2D eigenvalue weighted by Gasteiger charge is 2.31. The van der Waals surface area contributed by atoms with Crippen LogP contribution in [0.15, 0.2) is 54.6 Å². The molecule has 2 N–H and O–H groups in total. The molecule has 30 heavy (non-hydrogen) atoms. The minimum absolute atomic E-state index is 0.0768. The molecular weight excluding hydrogens is 378 g/mol. The van der Waals surface area contributed by atoms with Gasteiger partial charge in [0.05, 0.1) is 25.2 Å². The second-order valence-electron chi connectivity index (χ2n) is 7.32. The van der Waals surface area contributed by atoms with Crippen molar-refractivity contribution in [2.75, 3.05) is 20.3 Å². The van der Waals surface area contributed by atoms with Crippen LogP contribution in [0.4, 0.5) is 0 Å². The SMILES string of the molecule is COc1nc(OCc2ccccc2C2=CC=CCC2(C)C#N)ccc1CNCCO. The zero-order chi connectivity index (χ0) is 21.4. The number of hydrogen-bond donors (Lipinski definition) is 2. The van der Waals surface area contributed by atoms with Crippen LogP contribution >= 0.6 is 0 Å². The van der Waals surface area contributed by atoms with Crippen molar-refractivity contribution in [3.8, 4) is 17.8 Å². The van der Waals surface area contributed by atoms with Gasteiger partial charge in [-0.25, -0.2) is 0 Å². The number of hydrogen-bond acceptors (Lipinski definition) is 6. The van der Waals surface area contributed by atoms with Crippen LogP contribution in [-0.4, -0.2) is 30.4 Å². The molecule has 6 nitrogen and oxygen atoms in total. The molecule has 1 aromatic carbocycles. The third-order valence-electron chi connectivity index (χ3n) is 5.16. The Morgan fingerprint density at radius 2 is 2.07 bits per heavy atom. The summed E-state index contributed by atoms with van der Waals surface area (Å²) < 4.78 is 11.4. The van der Waals surface area contributed by atoms with Gasteiger partial charge in [0, 0.05) is 24.7 Å². The zero-order valence-electron chi connectivity index (χ0n) is 17.4. The van der Waals surface area contributed by atoms with Crippen LogP contribution in [0.25, 0.3) is 5.57 Å². The molecule has 0 fully saturated rings. The van der Waals surface area contributed by atoms with Gasteiger partial charge < -0.3 is 19.9 Å². The Balaban J connectivity index is 1.78. The Bertz CT molecular complexity index is 978. The summed E-state index contributed by atoms with van der Waals surface area (Å²) in [6.07, 6.45) is 6.73. The number of rotatable bonds is 9. The predicted octanol–water partition coefficient (Wildman–Crippen LogP) is 3.62. The summed E-state index contributed by atoms with van der Waals surface area (Å²) >= 11 is 0. The van der Waals surface area contributed by atoms with Crippen molar-refractivity contribution in [3.05, 3.63) is 71.3 Å². The lowest BCUT2D eigenvalue weighted by Crippen LogP contribution is -2.18. The number of nitrogens with zero attached hydrogens (tertiary/aromatic N) is 2. The van der Waals surface area contributed by atoms with Crippen molar-refractivity contribution in [1.82, 2.24) is 10.3 Å². The third kappa shape index (κ3) is 4.88. The fourth-order valence-electron chi connectivity index (χ4n) is 3.46. The highest BCUT2D eigenvalue weighted by molar-refractivity contribution is 5.77. The molecule has 3 rings (SSSR count). The molecule has 1 aromatic heterocycles. The summed E-state index contributed by atoms with van der Waals surface area (Å²) in [5.74, 6) is 0.955. The Morgan fingerprint density at radius 1 is 1.23 bits per heavy atom. The molecule has 0 radical (unpaired) electrons. The highest BCUT2D eigenvalue weighted by Crippen LogP contribution is 2.41. The number of benzene rings is 1. The molecule has 6 heteroatoms. The lowest BCUT2D eigenvalue weighted by Gasteiger charge is -2.28. The molecule has 0 saturated carbocycles. The van der Waals surface area contributed by atoms with Gasteiger partial charge in [0.25, 0.3) is 0 Å². The molecule has 1 unspecified atom stereocenters. The summed E-state index contributed by atoms with van der Waals surface area (Å²) in [5.41, 5.74) is 3.35. The Morgan fingerprint density at radius 3 is 2.83 bits per heavy atom. The van der Waals surface area contributed by atoms with E-state index in [9.17, 15) is 5.26 Å². The maximum Gasteiger partial charge on any atom is 0.220 e. The van der Waals surface area contributed by atoms with Crippen molar-refractivity contribution < 1.29 is 14.6 Å². The fraction of sp³-hybridized carbons (Fsp3) is 0.333. The van der Waals surface area contributed by atoms with Gasteiger partial charge in [-0.2, -0.15) is 10.2 Å². The second kappa shape index (κ2) is 10.1. The van der Waals surface area contributed by atoms with E-state index in [2.05, 4.69) is 16.4 Å². The summed E-state index contributed by atoms with van der Waals surface area (Å²) in [5, 5.41) is 21.8. The molecule has 0 amide bonds. The highest BCUT2D eigenvalue weighted by atomic mass is 16.5. The van der Waals surface area contributed by atoms with Crippen molar-refractivity contribution in [2.45, 2.75) is 26.5 Å². The topological polar surface area (TPSA) is 87.4 Å². The maximum absolute atomic E-state index is 9.74. The van der Waals surface area contributed by atoms with Gasteiger partial charge in [0.2, 0.25) is 11.8 Å². The summed E-state index contributed by atoms with van der Waals surface area (Å²) in [6, 6.07) is 14.2. The van der Waals surface area contributed by atoms with Gasteiger partial charge in [-0.3, -0.25) is 0 Å². The summed E-state index contributed by atoms with van der Waals surface area (Å²) in [4.78, 5) is 4.45. The molecule has 0 bridgehead atoms. The minimum atomic E-state index is -0.560. The van der Waals surface area contributed by atoms with Crippen LogP contribution in [0.3, 0.4) is 0 Å². The number of nitriles is 1. The molecule has 0 spiro atoms. The largest absolute Gasteiger partial charge is 0.481 e. The van der Waals surface area contributed by atoms with Gasteiger partial charge in [-0.05, 0) is 36.1 Å². The van der Waals surface area contributed by atoms with Gasteiger partial charge in [0.1, 0.15) is 6.61 Å². The standard InChI is InChI=1S/C24H27N3O3/c1-24(17-25)12-6-5-9-21(24)20-8-4-3-7-19(20)16-30-22-11-10-18(15-26-13-14-28)23(27-22)29-2/h3-11,26,28H,12-16H2,1-2H3. The molecular formula is C24H27N3O3. The van der Waals surface area contributed by atoms with Gasteiger partial charge in [0.15, 0.2) is 0 Å². The second-order valence-corrected chi connectivity index (χ2v) is 7.32. The first-order chi connectivity index (χ1) is 14.6. The zero-order valence-corrected chi connectivity index (χ0v) is 17.4. The first-order valence-electron chi connectivity index (χ1n) is 9.96. The average molecular weight is 405 g/mol. The number of nitrogens with one attached hydrogen (secondary N) is 1. The monoisotopic (exact) mass is 405 g/mol. The Hall–Kier alpha value is -3.14. The van der Waals surface area contributed by atoms with Crippen LogP contribution in [0.1, 0.15) is 30.0 Å². The van der Waals surface area contributed by atoms with Crippen molar-refractivity contribution >= 4 is 5.57 Å². The minimum Gasteiger partial charge on any atom is -0.481 e. The summed E-state index contributed by atoms with van der Waals surface area (Å²) in [6.45, 7) is 3.43. The van der Waals surface area contributed by atoms with E-state index in [1.54, 1.807) is 7.11 Å². The number of allylic oxidation sites excluding steroid dienone is 4. The smallest absolute Gasteiger partial charge is 0.220 e. The molecule has 1 atom stereocenters. The van der Waals surface area contributed by atoms with E-state index in [1.807, 2.05) is 61.5 Å². The van der Waals surface area contributed by atoms with E-state index in [4.69, 9.17) is 14.6 Å². The maximum atomic E-state index is 9.74. The number of pyridine rings is 1. The van der Waals surface area contributed by atoms with Crippen molar-refractivity contribution in [2.24, 2.45) is 5.41 Å². The molecule has 156 valence electrons. The van der Waals surface area contributed by atoms with E-state index < -0.39 is 5.41 Å². The van der Waals surface area contributed by atoms with Crippen LogP contribution in [0, 0.1) is 16.7 Å². The fourth-order valence-corrected chi connectivity index (χ4v) is 3.46. The van der Waals surface area contributed by atoms with Gasteiger partial charge in [-0.1, -0.05) is 42.5 Å². The molecule has 0 aliphatic heterocycles. The van der Waals surface area contributed by atoms with E-state index in [0.717, 1.165) is 22.3 Å². The molecule has 1 aliphatic rings. The molecule has 2 aromatic rings. The van der Waals surface area contributed by atoms with Crippen LogP contribution in [-0.2, 0) is 13.2 Å². The lowest BCUT2D eigenvalue weighted by atomic mass is 9.74. The first-order valence-corrected chi connectivity index (χ1v) is 9.96. The normalized spacial score (nSPS) is 17.9. The number of aromatic nitrogens is 1. The number of methoxy groups -OCH3 is 1. The van der Waals surface area contributed by atoms with E-state index in [0.29, 0.717) is 37.9 Å². The first kappa shape index (κ1) is 21.6. The lowest BCUT2D eigenvalue weighted by molar-refractivity contribution is 0.284. The van der Waals surface area contributed by atoms with Crippen LogP contribution in [0.5, 0.6) is 11.8 Å². The van der Waals surface area contributed by atoms with Crippen molar-refractivity contribution in [3.63, 3.8) is 0 Å². The predicted molar refractivity (Wildman–Crippen MR) is 116 cm³/mol. The average Bonchev–Trinajstić information content (AvgIpc) is 2.79. The third-order valence-corrected chi connectivity index (χ3v) is 5.16. The number of aliphatic hydroxyl groups is 1. The quantitative estimate of drug-likeness (QED) is 0.620. The van der Waals surface area contributed by atoms with Crippen molar-refractivity contribution in [1.29, 1.82) is 5.26 Å². The molecule has 0 saturated heterocycles. The Kier molecular flexibility index (Phi) is 7.23. The molecule has 1 aliphatic carbocycles. The van der Waals surface area contributed by atoms with Crippen LogP contribution in [0.2, 0.25) is 0 Å². The summed E-state index contributed by atoms with van der Waals surface area (Å²) in [7, 11) is 1.57. The van der Waals surface area contributed by atoms with Gasteiger partial charge in [-0.15, -0.1) is 0 Å². The number of ether oxygens (including phenoxy) is 2. The Labute approximate surface area is 177 Å². The van der Waals surface area contributed by atoms with E-state index >= 15 is 0 Å². The molecule has 1 heterocycles. The van der Waals surface area contributed by atoms with Crippen LogP contribution < -0.4 is 14.8 Å². The van der Waals surface area contributed by atoms with Gasteiger partial charge >= 0.3 is 0 Å².